The summed E-state index contributed by atoms with van der Waals surface area (Å²) in [6, 6.07) is 0.698. The number of aryl methyl sites for hydroxylation is 1. The first-order chi connectivity index (χ1) is 8.06. The molecule has 0 radical (unpaired) electrons. The first-order valence-electron chi connectivity index (χ1n) is 4.77. The fraction of sp³-hybridized carbons (Fsp3) is 0.222. The van der Waals surface area contributed by atoms with E-state index < -0.39 is 12.0 Å². The Bertz CT molecular complexity index is 535. The number of thiazole rings is 1. The number of nitrogens with zero attached hydrogens (tertiary/aromatic N) is 3. The Kier molecular flexibility index (Phi) is 3.07. The van der Waals surface area contributed by atoms with Crippen molar-refractivity contribution in [2.75, 3.05) is 5.32 Å². The third kappa shape index (κ3) is 2.60. The van der Waals surface area contributed by atoms with Crippen LogP contribution < -0.4 is 11.1 Å². The van der Waals surface area contributed by atoms with Crippen molar-refractivity contribution in [3.8, 4) is 0 Å². The Hall–Kier alpha value is -1.93. The number of hydrogen-bond acceptors (Lipinski definition) is 6. The van der Waals surface area contributed by atoms with E-state index in [9.17, 15) is 4.79 Å². The van der Waals surface area contributed by atoms with Crippen LogP contribution in [0.2, 0.25) is 0 Å². The zero-order chi connectivity index (χ0) is 12.4. The van der Waals surface area contributed by atoms with Gasteiger partial charge in [0.25, 0.3) is 0 Å². The minimum Gasteiger partial charge on any atom is -0.480 e. The number of carbonyl (C=O) groups is 1. The highest BCUT2D eigenvalue weighted by molar-refractivity contribution is 7.13. The molecule has 2 rings (SSSR count). The van der Waals surface area contributed by atoms with E-state index in [0.29, 0.717) is 16.6 Å². The molecule has 0 amide bonds. The summed E-state index contributed by atoms with van der Waals surface area (Å²) < 4.78 is 1.65. The molecule has 7 nitrogen and oxygen atoms in total. The van der Waals surface area contributed by atoms with E-state index in [4.69, 9.17) is 10.8 Å². The molecule has 1 unspecified atom stereocenters. The van der Waals surface area contributed by atoms with E-state index in [2.05, 4.69) is 15.4 Å². The maximum atomic E-state index is 10.7. The summed E-state index contributed by atoms with van der Waals surface area (Å²) in [5, 5.41) is 18.0. The number of aliphatic carboxylic acids is 1. The van der Waals surface area contributed by atoms with Gasteiger partial charge in [0, 0.05) is 24.7 Å². The molecule has 0 saturated heterocycles. The van der Waals surface area contributed by atoms with E-state index in [0.717, 1.165) is 0 Å². The highest BCUT2D eigenvalue weighted by atomic mass is 32.1. The van der Waals surface area contributed by atoms with E-state index >= 15 is 0 Å². The minimum atomic E-state index is -1.10. The molecular formula is C9H11N5O2S. The third-order valence-corrected chi connectivity index (χ3v) is 2.83. The van der Waals surface area contributed by atoms with Gasteiger partial charge in [-0.3, -0.25) is 9.48 Å². The molecule has 0 aliphatic carbocycles. The second-order valence-corrected chi connectivity index (χ2v) is 4.25. The lowest BCUT2D eigenvalue weighted by atomic mass is 10.2. The molecule has 0 fully saturated rings. The van der Waals surface area contributed by atoms with Crippen LogP contribution >= 0.6 is 11.3 Å². The van der Waals surface area contributed by atoms with Crippen LogP contribution in [0.3, 0.4) is 0 Å². The zero-order valence-corrected chi connectivity index (χ0v) is 9.81. The Labute approximate surface area is 101 Å². The molecule has 0 aliphatic rings. The first kappa shape index (κ1) is 11.6. The second-order valence-electron chi connectivity index (χ2n) is 3.39. The topological polar surface area (TPSA) is 106 Å². The van der Waals surface area contributed by atoms with Crippen LogP contribution in [-0.2, 0) is 11.8 Å². The highest BCUT2D eigenvalue weighted by Crippen LogP contribution is 2.22. The third-order valence-electron chi connectivity index (χ3n) is 2.06. The van der Waals surface area contributed by atoms with Crippen molar-refractivity contribution >= 4 is 28.3 Å². The molecule has 2 aromatic rings. The molecule has 0 spiro atoms. The van der Waals surface area contributed by atoms with Crippen LogP contribution in [0.1, 0.15) is 11.7 Å². The molecule has 2 heterocycles. The van der Waals surface area contributed by atoms with Gasteiger partial charge >= 0.3 is 5.97 Å². The van der Waals surface area contributed by atoms with Gasteiger partial charge in [0.15, 0.2) is 10.9 Å². The fourth-order valence-electron chi connectivity index (χ4n) is 1.20. The van der Waals surface area contributed by atoms with Crippen LogP contribution in [0.25, 0.3) is 0 Å². The summed E-state index contributed by atoms with van der Waals surface area (Å²) in [6.45, 7) is 0. The lowest BCUT2D eigenvalue weighted by Gasteiger charge is -2.00. The average molecular weight is 253 g/mol. The molecule has 0 aromatic carbocycles. The lowest BCUT2D eigenvalue weighted by Crippen LogP contribution is -2.20. The van der Waals surface area contributed by atoms with Crippen LogP contribution in [0, 0.1) is 0 Å². The summed E-state index contributed by atoms with van der Waals surface area (Å²) in [5.74, 6) is -0.447. The van der Waals surface area contributed by atoms with Crippen molar-refractivity contribution in [2.45, 2.75) is 6.04 Å². The minimum absolute atomic E-state index is 0.334. The van der Waals surface area contributed by atoms with Gasteiger partial charge in [0.05, 0.1) is 5.69 Å². The summed E-state index contributed by atoms with van der Waals surface area (Å²) in [6.07, 6.45) is 1.79. The van der Waals surface area contributed by atoms with Crippen LogP contribution in [0.5, 0.6) is 0 Å². The van der Waals surface area contributed by atoms with Gasteiger partial charge in [-0.2, -0.15) is 5.10 Å². The predicted octanol–water partition coefficient (Wildman–Crippen LogP) is 0.705. The van der Waals surface area contributed by atoms with E-state index in [-0.39, 0.29) is 0 Å². The van der Waals surface area contributed by atoms with Gasteiger partial charge < -0.3 is 16.2 Å². The van der Waals surface area contributed by atoms with Gasteiger partial charge in [0.2, 0.25) is 0 Å². The lowest BCUT2D eigenvalue weighted by molar-refractivity contribution is -0.138. The number of nitrogens with two attached hydrogens (primary N) is 1. The molecule has 0 bridgehead atoms. The average Bonchev–Trinajstić information content (AvgIpc) is 2.87. The van der Waals surface area contributed by atoms with Crippen molar-refractivity contribution in [3.63, 3.8) is 0 Å². The van der Waals surface area contributed by atoms with Crippen molar-refractivity contribution in [1.29, 1.82) is 0 Å². The second kappa shape index (κ2) is 4.52. The van der Waals surface area contributed by atoms with Crippen molar-refractivity contribution in [3.05, 3.63) is 23.3 Å². The Morgan fingerprint density at radius 3 is 3.06 bits per heavy atom. The summed E-state index contributed by atoms with van der Waals surface area (Å²) in [5.41, 5.74) is 5.78. The van der Waals surface area contributed by atoms with Crippen LogP contribution in [0.15, 0.2) is 17.6 Å². The van der Waals surface area contributed by atoms with Gasteiger partial charge in [-0.05, 0) is 0 Å². The van der Waals surface area contributed by atoms with Gasteiger partial charge in [0.1, 0.15) is 6.04 Å². The van der Waals surface area contributed by atoms with Crippen molar-refractivity contribution in [1.82, 2.24) is 14.8 Å². The number of aromatic nitrogens is 3. The van der Waals surface area contributed by atoms with E-state index in [1.54, 1.807) is 29.4 Å². The Morgan fingerprint density at radius 2 is 2.47 bits per heavy atom. The molecule has 2 aromatic heterocycles. The number of rotatable bonds is 4. The maximum absolute atomic E-state index is 10.7. The molecule has 17 heavy (non-hydrogen) atoms. The monoisotopic (exact) mass is 253 g/mol. The first-order valence-corrected chi connectivity index (χ1v) is 5.64. The molecule has 0 saturated carbocycles. The predicted molar refractivity (Wildman–Crippen MR) is 63.2 cm³/mol. The maximum Gasteiger partial charge on any atom is 0.326 e. The van der Waals surface area contributed by atoms with Gasteiger partial charge in [-0.1, -0.05) is 0 Å². The Balaban J connectivity index is 2.11. The number of anilines is 2. The molecule has 4 N–H and O–H groups in total. The standard InChI is InChI=1S/C9H11N5O2S/c1-14-3-2-6(13-14)12-9-11-5(4-17-9)7(10)8(15)16/h2-4,7H,10H2,1H3,(H,15,16)(H,11,12,13). The number of nitrogens with one attached hydrogen (secondary N) is 1. The molecule has 8 heteroatoms. The molecule has 90 valence electrons. The summed E-state index contributed by atoms with van der Waals surface area (Å²) >= 11 is 1.28. The fourth-order valence-corrected chi connectivity index (χ4v) is 1.96. The zero-order valence-electron chi connectivity index (χ0n) is 8.99. The SMILES string of the molecule is Cn1ccc(Nc2nc(C(N)C(=O)O)cs2)n1. The van der Waals surface area contributed by atoms with E-state index in [1.807, 2.05) is 0 Å². The number of carboxylic acid groups (broad SMARTS) is 1. The van der Waals surface area contributed by atoms with Crippen LogP contribution in [0.4, 0.5) is 10.9 Å². The van der Waals surface area contributed by atoms with Gasteiger partial charge in [-0.15, -0.1) is 11.3 Å². The Morgan fingerprint density at radius 1 is 1.71 bits per heavy atom. The molecular weight excluding hydrogens is 242 g/mol. The van der Waals surface area contributed by atoms with E-state index in [1.165, 1.54) is 11.3 Å². The van der Waals surface area contributed by atoms with Crippen molar-refractivity contribution < 1.29 is 9.90 Å². The summed E-state index contributed by atoms with van der Waals surface area (Å²) in [4.78, 5) is 14.8. The largest absolute Gasteiger partial charge is 0.480 e. The summed E-state index contributed by atoms with van der Waals surface area (Å²) in [7, 11) is 1.80. The molecule has 1 atom stereocenters. The highest BCUT2D eigenvalue weighted by Gasteiger charge is 2.17. The van der Waals surface area contributed by atoms with Gasteiger partial charge in [-0.25, -0.2) is 4.98 Å². The number of hydrogen-bond donors (Lipinski definition) is 3. The van der Waals surface area contributed by atoms with Crippen molar-refractivity contribution in [2.24, 2.45) is 12.8 Å². The van der Waals surface area contributed by atoms with Crippen LogP contribution in [-0.4, -0.2) is 25.8 Å². The normalized spacial score (nSPS) is 12.4. The smallest absolute Gasteiger partial charge is 0.326 e. The number of carboxylic acids is 1. The molecule has 0 aliphatic heterocycles. The quantitative estimate of drug-likeness (QED) is 0.740.